The van der Waals surface area contributed by atoms with Crippen LogP contribution in [0.4, 0.5) is 11.6 Å². The summed E-state index contributed by atoms with van der Waals surface area (Å²) in [7, 11) is 0. The largest absolute Gasteiger partial charge is 0.353 e. The molecule has 0 aliphatic carbocycles. The lowest BCUT2D eigenvalue weighted by Crippen LogP contribution is -2.47. The summed E-state index contributed by atoms with van der Waals surface area (Å²) in [4.78, 5) is 21.0. The Balaban J connectivity index is 1.36. The summed E-state index contributed by atoms with van der Waals surface area (Å²) in [6, 6.07) is 4.13. The molecule has 2 saturated heterocycles. The van der Waals surface area contributed by atoms with Crippen LogP contribution in [0.3, 0.4) is 0 Å². The molecule has 0 spiro atoms. The Labute approximate surface area is 169 Å². The maximum absolute atomic E-state index is 4.88. The first-order chi connectivity index (χ1) is 14.4. The van der Waals surface area contributed by atoms with Crippen molar-refractivity contribution in [2.24, 2.45) is 0 Å². The van der Waals surface area contributed by atoms with E-state index in [0.29, 0.717) is 11.3 Å². The second-order valence-electron chi connectivity index (χ2n) is 7.81. The van der Waals surface area contributed by atoms with Crippen molar-refractivity contribution >= 4 is 22.9 Å². The van der Waals surface area contributed by atoms with Crippen LogP contribution in [-0.2, 0) is 6.54 Å². The van der Waals surface area contributed by atoms with Crippen LogP contribution in [0.25, 0.3) is 11.3 Å². The predicted molar refractivity (Wildman–Crippen MR) is 110 cm³/mol. The van der Waals surface area contributed by atoms with Crippen molar-refractivity contribution < 1.29 is 4.63 Å². The highest BCUT2D eigenvalue weighted by Gasteiger charge is 2.26. The van der Waals surface area contributed by atoms with Gasteiger partial charge in [-0.2, -0.15) is 0 Å². The van der Waals surface area contributed by atoms with Gasteiger partial charge in [-0.25, -0.2) is 14.6 Å². The van der Waals surface area contributed by atoms with Crippen LogP contribution in [0.15, 0.2) is 29.2 Å². The van der Waals surface area contributed by atoms with Gasteiger partial charge in [-0.15, -0.1) is 0 Å². The van der Waals surface area contributed by atoms with Gasteiger partial charge in [0.05, 0.1) is 0 Å². The summed E-state index contributed by atoms with van der Waals surface area (Å²) in [5.74, 6) is 1.84. The molecule has 0 atom stereocenters. The van der Waals surface area contributed by atoms with E-state index in [1.807, 2.05) is 18.5 Å². The van der Waals surface area contributed by atoms with Crippen molar-refractivity contribution in [3.8, 4) is 0 Å². The first-order valence-electron chi connectivity index (χ1n) is 10.5. The Morgan fingerprint density at radius 2 is 1.45 bits per heavy atom. The normalized spacial score (nSPS) is 18.9. The molecule has 3 aromatic heterocycles. The van der Waals surface area contributed by atoms with Gasteiger partial charge in [0.25, 0.3) is 0 Å². The number of fused-ring (bicyclic) bond motifs is 1. The number of aromatic nitrogens is 5. The zero-order valence-corrected chi connectivity index (χ0v) is 16.6. The fourth-order valence-electron chi connectivity index (χ4n) is 4.20. The van der Waals surface area contributed by atoms with Crippen LogP contribution in [0, 0.1) is 0 Å². The van der Waals surface area contributed by atoms with Gasteiger partial charge in [0.15, 0.2) is 11.6 Å². The van der Waals surface area contributed by atoms with E-state index in [0.717, 1.165) is 57.4 Å². The third-order valence-corrected chi connectivity index (χ3v) is 5.78. The van der Waals surface area contributed by atoms with Crippen molar-refractivity contribution in [2.45, 2.75) is 32.2 Å². The highest BCUT2D eigenvalue weighted by atomic mass is 16.6. The Morgan fingerprint density at radius 3 is 2.07 bits per heavy atom. The maximum atomic E-state index is 4.88. The van der Waals surface area contributed by atoms with Crippen LogP contribution in [-0.4, -0.2) is 69.4 Å². The molecule has 3 aromatic rings. The minimum atomic E-state index is 0.483. The second-order valence-corrected chi connectivity index (χ2v) is 7.81. The molecule has 5 rings (SSSR count). The van der Waals surface area contributed by atoms with Gasteiger partial charge < -0.3 is 9.80 Å². The Bertz CT molecular complexity index is 930. The van der Waals surface area contributed by atoms with Crippen molar-refractivity contribution in [1.29, 1.82) is 0 Å². The van der Waals surface area contributed by atoms with Crippen molar-refractivity contribution in [3.05, 3.63) is 30.1 Å². The standard InChI is InChI=1S/C20H26N8O/c1-2-4-9-27(8-3-1)19-20(23-18-17(22-19)24-29-25-18)28-12-10-26(11-13-28)15-16-6-5-7-21-14-16/h5-7,14H,1-4,8-13,15H2. The SMILES string of the molecule is c1cncc(CN2CCN(c3nc4nonc4nc3N3CCCCCC3)CC2)c1. The van der Waals surface area contributed by atoms with Gasteiger partial charge in [-0.05, 0) is 34.8 Å². The van der Waals surface area contributed by atoms with Gasteiger partial charge >= 0.3 is 0 Å². The van der Waals surface area contributed by atoms with Crippen LogP contribution in [0.2, 0.25) is 0 Å². The molecule has 0 radical (unpaired) electrons. The van der Waals surface area contributed by atoms with Crippen molar-refractivity contribution in [2.75, 3.05) is 49.1 Å². The van der Waals surface area contributed by atoms with Gasteiger partial charge in [0.2, 0.25) is 11.3 Å². The van der Waals surface area contributed by atoms with Crippen LogP contribution < -0.4 is 9.80 Å². The van der Waals surface area contributed by atoms with E-state index < -0.39 is 0 Å². The van der Waals surface area contributed by atoms with Crippen LogP contribution in [0.1, 0.15) is 31.2 Å². The minimum absolute atomic E-state index is 0.483. The number of pyridine rings is 1. The molecular formula is C20H26N8O. The maximum Gasteiger partial charge on any atom is 0.245 e. The molecule has 2 aliphatic rings. The molecule has 0 saturated carbocycles. The molecule has 152 valence electrons. The summed E-state index contributed by atoms with van der Waals surface area (Å²) in [6.45, 7) is 6.73. The van der Waals surface area contributed by atoms with E-state index in [-0.39, 0.29) is 0 Å². The monoisotopic (exact) mass is 394 g/mol. The molecule has 5 heterocycles. The number of piperazine rings is 1. The Morgan fingerprint density at radius 1 is 0.793 bits per heavy atom. The van der Waals surface area contributed by atoms with E-state index in [9.17, 15) is 0 Å². The molecule has 0 bridgehead atoms. The molecule has 0 N–H and O–H groups in total. The van der Waals surface area contributed by atoms with E-state index in [2.05, 4.69) is 36.1 Å². The van der Waals surface area contributed by atoms with Crippen LogP contribution in [0.5, 0.6) is 0 Å². The summed E-state index contributed by atoms with van der Waals surface area (Å²) in [5.41, 5.74) is 2.22. The predicted octanol–water partition coefficient (Wildman–Crippen LogP) is 2.11. The number of rotatable bonds is 4. The smallest absolute Gasteiger partial charge is 0.245 e. The Kier molecular flexibility index (Phi) is 5.21. The fraction of sp³-hybridized carbons (Fsp3) is 0.550. The zero-order valence-electron chi connectivity index (χ0n) is 16.6. The van der Waals surface area contributed by atoms with Gasteiger partial charge in [0.1, 0.15) is 0 Å². The Hall–Kier alpha value is -2.81. The molecule has 29 heavy (non-hydrogen) atoms. The molecular weight excluding hydrogens is 368 g/mol. The lowest BCUT2D eigenvalue weighted by atomic mass is 10.2. The number of hydrogen-bond donors (Lipinski definition) is 0. The average molecular weight is 394 g/mol. The first-order valence-corrected chi connectivity index (χ1v) is 10.5. The van der Waals surface area contributed by atoms with E-state index in [4.69, 9.17) is 14.6 Å². The summed E-state index contributed by atoms with van der Waals surface area (Å²) in [6.07, 6.45) is 8.70. The van der Waals surface area contributed by atoms with Crippen molar-refractivity contribution in [3.63, 3.8) is 0 Å². The lowest BCUT2D eigenvalue weighted by Gasteiger charge is -2.37. The summed E-state index contributed by atoms with van der Waals surface area (Å²) >= 11 is 0. The highest BCUT2D eigenvalue weighted by Crippen LogP contribution is 2.30. The molecule has 9 heteroatoms. The molecule has 9 nitrogen and oxygen atoms in total. The van der Waals surface area contributed by atoms with E-state index in [1.54, 1.807) is 0 Å². The zero-order chi connectivity index (χ0) is 19.5. The lowest BCUT2D eigenvalue weighted by molar-refractivity contribution is 0.249. The molecule has 2 fully saturated rings. The quantitative estimate of drug-likeness (QED) is 0.660. The third kappa shape index (κ3) is 4.00. The molecule has 0 unspecified atom stereocenters. The van der Waals surface area contributed by atoms with Gasteiger partial charge in [0, 0.05) is 58.2 Å². The minimum Gasteiger partial charge on any atom is -0.353 e. The molecule has 0 aromatic carbocycles. The number of nitrogens with zero attached hydrogens (tertiary/aromatic N) is 8. The van der Waals surface area contributed by atoms with Gasteiger partial charge in [-0.3, -0.25) is 9.88 Å². The molecule has 2 aliphatic heterocycles. The number of anilines is 2. The van der Waals surface area contributed by atoms with Crippen LogP contribution >= 0.6 is 0 Å². The molecule has 0 amide bonds. The topological polar surface area (TPSA) is 87.3 Å². The fourth-order valence-corrected chi connectivity index (χ4v) is 4.20. The summed E-state index contributed by atoms with van der Waals surface area (Å²) in [5, 5.41) is 7.85. The van der Waals surface area contributed by atoms with Gasteiger partial charge in [-0.1, -0.05) is 18.9 Å². The third-order valence-electron chi connectivity index (χ3n) is 5.78. The average Bonchev–Trinajstić information content (AvgIpc) is 3.05. The van der Waals surface area contributed by atoms with E-state index >= 15 is 0 Å². The highest BCUT2D eigenvalue weighted by molar-refractivity contribution is 5.74. The summed E-state index contributed by atoms with van der Waals surface area (Å²) < 4.78 is 4.88. The van der Waals surface area contributed by atoms with Crippen molar-refractivity contribution in [1.82, 2.24) is 30.2 Å². The second kappa shape index (κ2) is 8.28. The van der Waals surface area contributed by atoms with E-state index in [1.165, 1.54) is 31.2 Å². The first kappa shape index (κ1) is 18.2. The number of hydrogen-bond acceptors (Lipinski definition) is 9.